The minimum absolute atomic E-state index is 0.0350. The number of carbonyl (C=O) groups excluding carboxylic acids is 1. The first-order valence-corrected chi connectivity index (χ1v) is 5.33. The smallest absolute Gasteiger partial charge is 0.236 e. The van der Waals surface area contributed by atoms with Crippen molar-refractivity contribution < 1.29 is 9.53 Å². The molecule has 1 rings (SSSR count). The van der Waals surface area contributed by atoms with Gasteiger partial charge in [-0.1, -0.05) is 18.2 Å². The highest BCUT2D eigenvalue weighted by Gasteiger charge is 2.09. The van der Waals surface area contributed by atoms with Crippen molar-refractivity contribution in [3.8, 4) is 5.75 Å². The summed E-state index contributed by atoms with van der Waals surface area (Å²) in [6.07, 6.45) is 0. The molecule has 0 aliphatic rings. The van der Waals surface area contributed by atoms with E-state index in [1.807, 2.05) is 31.2 Å². The number of carbonyl (C=O) groups is 1. The molecule has 0 unspecified atom stereocenters. The fourth-order valence-corrected chi connectivity index (χ4v) is 1.43. The first-order valence-electron chi connectivity index (χ1n) is 5.33. The number of hydrogen-bond acceptors (Lipinski definition) is 3. The van der Waals surface area contributed by atoms with Crippen LogP contribution in [0.2, 0.25) is 0 Å². The van der Waals surface area contributed by atoms with E-state index < -0.39 is 0 Å². The van der Waals surface area contributed by atoms with Crippen molar-refractivity contribution in [2.45, 2.75) is 13.5 Å². The highest BCUT2D eigenvalue weighted by Crippen LogP contribution is 2.19. The Morgan fingerprint density at radius 2 is 2.12 bits per heavy atom. The lowest BCUT2D eigenvalue weighted by Gasteiger charge is -2.18. The fraction of sp³-hybridized carbons (Fsp3) is 0.417. The molecule has 16 heavy (non-hydrogen) atoms. The van der Waals surface area contributed by atoms with Crippen LogP contribution in [0.25, 0.3) is 0 Å². The van der Waals surface area contributed by atoms with Crippen molar-refractivity contribution in [1.82, 2.24) is 4.90 Å². The molecule has 0 aliphatic carbocycles. The van der Waals surface area contributed by atoms with Crippen molar-refractivity contribution in [2.75, 3.05) is 20.2 Å². The van der Waals surface area contributed by atoms with Gasteiger partial charge in [-0.05, 0) is 13.0 Å². The van der Waals surface area contributed by atoms with Gasteiger partial charge in [0.2, 0.25) is 5.91 Å². The lowest BCUT2D eigenvalue weighted by Crippen LogP contribution is -2.32. The van der Waals surface area contributed by atoms with Crippen LogP contribution in [0.1, 0.15) is 12.5 Å². The van der Waals surface area contributed by atoms with Crippen LogP contribution >= 0.6 is 0 Å². The summed E-state index contributed by atoms with van der Waals surface area (Å²) in [5, 5.41) is 0. The molecule has 1 aromatic rings. The second kappa shape index (κ2) is 6.12. The topological polar surface area (TPSA) is 55.6 Å². The van der Waals surface area contributed by atoms with E-state index in [1.54, 1.807) is 11.9 Å². The van der Waals surface area contributed by atoms with Crippen LogP contribution in [-0.4, -0.2) is 31.0 Å². The van der Waals surface area contributed by atoms with Gasteiger partial charge in [-0.2, -0.15) is 0 Å². The van der Waals surface area contributed by atoms with Gasteiger partial charge in [-0.15, -0.1) is 0 Å². The molecule has 0 fully saturated rings. The summed E-state index contributed by atoms with van der Waals surface area (Å²) in [6.45, 7) is 3.11. The summed E-state index contributed by atoms with van der Waals surface area (Å²) in [6, 6.07) is 7.70. The highest BCUT2D eigenvalue weighted by atomic mass is 16.5. The number of likely N-dealkylation sites (N-methyl/N-ethyl adjacent to an activating group) is 1. The molecule has 0 aliphatic heterocycles. The lowest BCUT2D eigenvalue weighted by atomic mass is 10.2. The molecule has 1 aromatic carbocycles. The summed E-state index contributed by atoms with van der Waals surface area (Å²) >= 11 is 0. The van der Waals surface area contributed by atoms with Crippen molar-refractivity contribution in [3.05, 3.63) is 29.8 Å². The SMILES string of the molecule is CCOc1ccccc1CN(C)C(=O)CN. The molecule has 0 saturated heterocycles. The van der Waals surface area contributed by atoms with E-state index in [1.165, 1.54) is 0 Å². The minimum atomic E-state index is -0.0775. The second-order valence-corrected chi connectivity index (χ2v) is 3.49. The number of hydrogen-bond donors (Lipinski definition) is 1. The van der Waals surface area contributed by atoms with Gasteiger partial charge in [0.25, 0.3) is 0 Å². The first kappa shape index (κ1) is 12.5. The highest BCUT2D eigenvalue weighted by molar-refractivity contribution is 5.77. The maximum Gasteiger partial charge on any atom is 0.236 e. The van der Waals surface area contributed by atoms with E-state index in [0.717, 1.165) is 11.3 Å². The molecule has 0 heterocycles. The molecule has 2 N–H and O–H groups in total. The van der Waals surface area contributed by atoms with Gasteiger partial charge in [0.05, 0.1) is 13.2 Å². The average Bonchev–Trinajstić information content (AvgIpc) is 2.31. The van der Waals surface area contributed by atoms with Crippen LogP contribution < -0.4 is 10.5 Å². The summed E-state index contributed by atoms with van der Waals surface area (Å²) in [7, 11) is 1.73. The Kier molecular flexibility index (Phi) is 4.79. The van der Waals surface area contributed by atoms with Crippen molar-refractivity contribution >= 4 is 5.91 Å². The van der Waals surface area contributed by atoms with Crippen LogP contribution in [0.5, 0.6) is 5.75 Å². The number of para-hydroxylation sites is 1. The van der Waals surface area contributed by atoms with Crippen LogP contribution in [0.3, 0.4) is 0 Å². The van der Waals surface area contributed by atoms with Gasteiger partial charge in [0.1, 0.15) is 5.75 Å². The minimum Gasteiger partial charge on any atom is -0.494 e. The Bertz CT molecular complexity index is 353. The molecule has 0 spiro atoms. The monoisotopic (exact) mass is 222 g/mol. The van der Waals surface area contributed by atoms with Gasteiger partial charge in [0, 0.05) is 19.2 Å². The van der Waals surface area contributed by atoms with E-state index in [4.69, 9.17) is 10.5 Å². The number of benzene rings is 1. The Morgan fingerprint density at radius 3 is 2.75 bits per heavy atom. The molecule has 0 aromatic heterocycles. The predicted molar refractivity (Wildman–Crippen MR) is 63.1 cm³/mol. The number of amides is 1. The van der Waals surface area contributed by atoms with Crippen LogP contribution in [0.15, 0.2) is 24.3 Å². The molecule has 0 atom stereocenters. The van der Waals surface area contributed by atoms with Crippen molar-refractivity contribution in [3.63, 3.8) is 0 Å². The number of nitrogens with zero attached hydrogens (tertiary/aromatic N) is 1. The van der Waals surface area contributed by atoms with Gasteiger partial charge in [-0.25, -0.2) is 0 Å². The van der Waals surface area contributed by atoms with E-state index in [0.29, 0.717) is 13.2 Å². The quantitative estimate of drug-likeness (QED) is 0.808. The maximum atomic E-state index is 11.3. The van der Waals surface area contributed by atoms with Gasteiger partial charge < -0.3 is 15.4 Å². The molecule has 0 saturated carbocycles. The van der Waals surface area contributed by atoms with E-state index in [2.05, 4.69) is 0 Å². The zero-order valence-corrected chi connectivity index (χ0v) is 9.77. The summed E-state index contributed by atoms with van der Waals surface area (Å²) in [4.78, 5) is 12.9. The Morgan fingerprint density at radius 1 is 1.44 bits per heavy atom. The number of rotatable bonds is 5. The third-order valence-electron chi connectivity index (χ3n) is 2.28. The zero-order valence-electron chi connectivity index (χ0n) is 9.77. The fourth-order valence-electron chi connectivity index (χ4n) is 1.43. The first-order chi connectivity index (χ1) is 7.69. The number of ether oxygens (including phenoxy) is 1. The van der Waals surface area contributed by atoms with Gasteiger partial charge in [-0.3, -0.25) is 4.79 Å². The molecule has 4 heteroatoms. The normalized spacial score (nSPS) is 9.94. The third kappa shape index (κ3) is 3.24. The third-order valence-corrected chi connectivity index (χ3v) is 2.28. The van der Waals surface area contributed by atoms with Crippen LogP contribution in [-0.2, 0) is 11.3 Å². The largest absolute Gasteiger partial charge is 0.494 e. The Labute approximate surface area is 96.0 Å². The number of nitrogens with two attached hydrogens (primary N) is 1. The molecule has 0 bridgehead atoms. The summed E-state index contributed by atoms with van der Waals surface area (Å²) in [5.41, 5.74) is 6.29. The predicted octanol–water partition coefficient (Wildman–Crippen LogP) is 1.00. The molecular formula is C12H18N2O2. The van der Waals surface area contributed by atoms with Gasteiger partial charge in [0.15, 0.2) is 0 Å². The molecule has 1 amide bonds. The zero-order chi connectivity index (χ0) is 12.0. The van der Waals surface area contributed by atoms with E-state index >= 15 is 0 Å². The molecule has 0 radical (unpaired) electrons. The van der Waals surface area contributed by atoms with E-state index in [9.17, 15) is 4.79 Å². The van der Waals surface area contributed by atoms with Crippen LogP contribution in [0, 0.1) is 0 Å². The van der Waals surface area contributed by atoms with Crippen molar-refractivity contribution in [1.29, 1.82) is 0 Å². The standard InChI is InChI=1S/C12H18N2O2/c1-3-16-11-7-5-4-6-10(11)9-14(2)12(15)8-13/h4-7H,3,8-9,13H2,1-2H3. The maximum absolute atomic E-state index is 11.3. The van der Waals surface area contributed by atoms with E-state index in [-0.39, 0.29) is 12.5 Å². The lowest BCUT2D eigenvalue weighted by molar-refractivity contribution is -0.128. The summed E-state index contributed by atoms with van der Waals surface area (Å²) < 4.78 is 5.48. The Hall–Kier alpha value is -1.55. The van der Waals surface area contributed by atoms with Gasteiger partial charge >= 0.3 is 0 Å². The summed E-state index contributed by atoms with van der Waals surface area (Å²) in [5.74, 6) is 0.743. The van der Waals surface area contributed by atoms with Crippen LogP contribution in [0.4, 0.5) is 0 Å². The molecule has 88 valence electrons. The van der Waals surface area contributed by atoms with Crippen molar-refractivity contribution in [2.24, 2.45) is 5.73 Å². The molecular weight excluding hydrogens is 204 g/mol. The average molecular weight is 222 g/mol. The Balaban J connectivity index is 2.75. The molecule has 4 nitrogen and oxygen atoms in total. The second-order valence-electron chi connectivity index (χ2n) is 3.49.